The smallest absolute Gasteiger partial charge is 0.251 e. The minimum atomic E-state index is 0.0592. The van der Waals surface area contributed by atoms with Crippen LogP contribution < -0.4 is 15.5 Å². The molecule has 33 heavy (non-hydrogen) atoms. The second kappa shape index (κ2) is 10.1. The van der Waals surface area contributed by atoms with E-state index in [-0.39, 0.29) is 5.91 Å². The van der Waals surface area contributed by atoms with Crippen LogP contribution in [0.25, 0.3) is 0 Å². The van der Waals surface area contributed by atoms with Crippen molar-refractivity contribution in [3.63, 3.8) is 0 Å². The molecule has 1 aromatic carbocycles. The maximum absolute atomic E-state index is 12.8. The first-order valence-corrected chi connectivity index (χ1v) is 12.5. The summed E-state index contributed by atoms with van der Waals surface area (Å²) in [6.07, 6.45) is 8.97. The molecule has 0 saturated heterocycles. The SMILES string of the molecule is Cc1cc(C)c(C(=O)NC[C@H]2CC[C@@H](Nc3nc4c(c(N(C)C)n3)CCCC4)CC2)c(C)c1. The van der Waals surface area contributed by atoms with Gasteiger partial charge in [0.05, 0.1) is 5.69 Å². The largest absolute Gasteiger partial charge is 0.362 e. The Kier molecular flexibility index (Phi) is 7.20. The number of carbonyl (C=O) groups is 1. The molecular formula is C27H39N5O. The predicted octanol–water partition coefficient (Wildman–Crippen LogP) is 4.75. The minimum absolute atomic E-state index is 0.0592. The number of anilines is 2. The summed E-state index contributed by atoms with van der Waals surface area (Å²) in [6.45, 7) is 6.87. The van der Waals surface area contributed by atoms with E-state index in [0.29, 0.717) is 12.0 Å². The highest BCUT2D eigenvalue weighted by molar-refractivity contribution is 5.97. The van der Waals surface area contributed by atoms with E-state index in [4.69, 9.17) is 9.97 Å². The molecule has 2 aliphatic rings. The van der Waals surface area contributed by atoms with Crippen LogP contribution in [0.5, 0.6) is 0 Å². The van der Waals surface area contributed by atoms with E-state index in [1.807, 2.05) is 13.8 Å². The van der Waals surface area contributed by atoms with Crippen molar-refractivity contribution in [2.75, 3.05) is 30.9 Å². The molecule has 2 N–H and O–H groups in total. The molecule has 6 nitrogen and oxygen atoms in total. The summed E-state index contributed by atoms with van der Waals surface area (Å²) >= 11 is 0. The molecule has 0 spiro atoms. The number of hydrogen-bond donors (Lipinski definition) is 2. The van der Waals surface area contributed by atoms with Crippen molar-refractivity contribution in [1.29, 1.82) is 0 Å². The Labute approximate surface area is 198 Å². The lowest BCUT2D eigenvalue weighted by Crippen LogP contribution is -2.35. The van der Waals surface area contributed by atoms with E-state index in [2.05, 4.69) is 48.7 Å². The molecule has 1 aromatic heterocycles. The lowest BCUT2D eigenvalue weighted by molar-refractivity contribution is 0.0942. The van der Waals surface area contributed by atoms with Crippen LogP contribution in [0.15, 0.2) is 12.1 Å². The Bertz CT molecular complexity index is 985. The van der Waals surface area contributed by atoms with E-state index < -0.39 is 0 Å². The Morgan fingerprint density at radius 3 is 2.33 bits per heavy atom. The van der Waals surface area contributed by atoms with Gasteiger partial charge in [0.15, 0.2) is 0 Å². The van der Waals surface area contributed by atoms with Crippen LogP contribution in [0.2, 0.25) is 0 Å². The average Bonchev–Trinajstić information content (AvgIpc) is 2.77. The molecule has 0 radical (unpaired) electrons. The fourth-order valence-electron chi connectivity index (χ4n) is 5.57. The van der Waals surface area contributed by atoms with Crippen LogP contribution in [0, 0.1) is 26.7 Å². The fourth-order valence-corrected chi connectivity index (χ4v) is 5.57. The molecule has 0 unspecified atom stereocenters. The van der Waals surface area contributed by atoms with Gasteiger partial charge in [0, 0.05) is 37.8 Å². The van der Waals surface area contributed by atoms with Crippen LogP contribution in [-0.4, -0.2) is 42.6 Å². The highest BCUT2D eigenvalue weighted by Gasteiger charge is 2.24. The van der Waals surface area contributed by atoms with Crippen LogP contribution in [0.4, 0.5) is 11.8 Å². The average molecular weight is 450 g/mol. The van der Waals surface area contributed by atoms with Gasteiger partial charge < -0.3 is 15.5 Å². The number of rotatable bonds is 6. The van der Waals surface area contributed by atoms with Gasteiger partial charge >= 0.3 is 0 Å². The maximum atomic E-state index is 12.8. The van der Waals surface area contributed by atoms with Crippen LogP contribution in [-0.2, 0) is 12.8 Å². The molecule has 1 saturated carbocycles. The van der Waals surface area contributed by atoms with Crippen molar-refractivity contribution in [3.8, 4) is 0 Å². The predicted molar refractivity (Wildman–Crippen MR) is 135 cm³/mol. The summed E-state index contributed by atoms with van der Waals surface area (Å²) in [5.41, 5.74) is 6.70. The quantitative estimate of drug-likeness (QED) is 0.666. The highest BCUT2D eigenvalue weighted by atomic mass is 16.1. The highest BCUT2D eigenvalue weighted by Crippen LogP contribution is 2.30. The number of nitrogens with zero attached hydrogens (tertiary/aromatic N) is 3. The van der Waals surface area contributed by atoms with Crippen molar-refractivity contribution in [2.24, 2.45) is 5.92 Å². The number of aromatic nitrogens is 2. The van der Waals surface area contributed by atoms with Gasteiger partial charge in [0.25, 0.3) is 5.91 Å². The van der Waals surface area contributed by atoms with Crippen LogP contribution >= 0.6 is 0 Å². The number of benzene rings is 1. The fraction of sp³-hybridized carbons (Fsp3) is 0.593. The van der Waals surface area contributed by atoms with Gasteiger partial charge in [-0.05, 0) is 89.2 Å². The maximum Gasteiger partial charge on any atom is 0.251 e. The summed E-state index contributed by atoms with van der Waals surface area (Å²) in [4.78, 5) is 24.7. The van der Waals surface area contributed by atoms with Gasteiger partial charge in [0.2, 0.25) is 5.95 Å². The number of amides is 1. The minimum Gasteiger partial charge on any atom is -0.362 e. The zero-order chi connectivity index (χ0) is 23.5. The molecule has 1 amide bonds. The first-order chi connectivity index (χ1) is 15.8. The standard InChI is InChI=1S/C27H39N5O/c1-17-14-18(2)24(19(3)15-17)26(33)28-16-20-10-12-21(13-11-20)29-27-30-23-9-7-6-8-22(23)25(31-27)32(4)5/h14-15,20-21H,6-13,16H2,1-5H3,(H,28,33)(H,29,30,31)/t20-,21+. The number of hydrogen-bond acceptors (Lipinski definition) is 5. The molecule has 2 aliphatic carbocycles. The molecule has 0 bridgehead atoms. The van der Waals surface area contributed by atoms with Crippen molar-refractivity contribution < 1.29 is 4.79 Å². The van der Waals surface area contributed by atoms with Gasteiger partial charge in [-0.15, -0.1) is 0 Å². The molecular weight excluding hydrogens is 410 g/mol. The van der Waals surface area contributed by atoms with E-state index in [9.17, 15) is 4.79 Å². The lowest BCUT2D eigenvalue weighted by Gasteiger charge is -2.30. The third-order valence-electron chi connectivity index (χ3n) is 7.22. The summed E-state index contributed by atoms with van der Waals surface area (Å²) in [5.74, 6) is 2.44. The van der Waals surface area contributed by atoms with Gasteiger partial charge in [-0.25, -0.2) is 4.98 Å². The van der Waals surface area contributed by atoms with Crippen molar-refractivity contribution in [2.45, 2.75) is 78.2 Å². The number of nitrogens with one attached hydrogen (secondary N) is 2. The molecule has 2 aromatic rings. The van der Waals surface area contributed by atoms with E-state index in [0.717, 1.165) is 73.5 Å². The molecule has 178 valence electrons. The summed E-state index contributed by atoms with van der Waals surface area (Å²) in [5, 5.41) is 6.82. The van der Waals surface area contributed by atoms with Crippen LogP contribution in [0.3, 0.4) is 0 Å². The van der Waals surface area contributed by atoms with Crippen molar-refractivity contribution in [3.05, 3.63) is 45.6 Å². The van der Waals surface area contributed by atoms with Gasteiger partial charge in [-0.1, -0.05) is 17.7 Å². The molecule has 6 heteroatoms. The topological polar surface area (TPSA) is 70.2 Å². The zero-order valence-electron chi connectivity index (χ0n) is 20.9. The Hall–Kier alpha value is -2.63. The Morgan fingerprint density at radius 1 is 1.00 bits per heavy atom. The monoisotopic (exact) mass is 449 g/mol. The number of carbonyl (C=O) groups excluding carboxylic acids is 1. The molecule has 1 fully saturated rings. The normalized spacial score (nSPS) is 20.2. The lowest BCUT2D eigenvalue weighted by atomic mass is 9.86. The van der Waals surface area contributed by atoms with E-state index in [1.54, 1.807) is 0 Å². The summed E-state index contributed by atoms with van der Waals surface area (Å²) in [6, 6.07) is 4.57. The van der Waals surface area contributed by atoms with E-state index in [1.165, 1.54) is 29.7 Å². The molecule has 4 rings (SSSR count). The molecule has 1 heterocycles. The summed E-state index contributed by atoms with van der Waals surface area (Å²) in [7, 11) is 4.14. The van der Waals surface area contributed by atoms with Crippen molar-refractivity contribution >= 4 is 17.7 Å². The molecule has 0 aliphatic heterocycles. The first-order valence-electron chi connectivity index (χ1n) is 12.5. The molecule has 0 atom stereocenters. The van der Waals surface area contributed by atoms with Gasteiger partial charge in [0.1, 0.15) is 5.82 Å². The second-order valence-electron chi connectivity index (χ2n) is 10.2. The van der Waals surface area contributed by atoms with Crippen molar-refractivity contribution in [1.82, 2.24) is 15.3 Å². The Morgan fingerprint density at radius 2 is 1.67 bits per heavy atom. The third-order valence-corrected chi connectivity index (χ3v) is 7.22. The summed E-state index contributed by atoms with van der Waals surface area (Å²) < 4.78 is 0. The first kappa shape index (κ1) is 23.5. The zero-order valence-corrected chi connectivity index (χ0v) is 20.9. The van der Waals surface area contributed by atoms with Gasteiger partial charge in [-0.2, -0.15) is 4.98 Å². The van der Waals surface area contributed by atoms with Gasteiger partial charge in [-0.3, -0.25) is 4.79 Å². The number of fused-ring (bicyclic) bond motifs is 1. The van der Waals surface area contributed by atoms with E-state index >= 15 is 0 Å². The third kappa shape index (κ3) is 5.48. The number of aryl methyl sites for hydroxylation is 4. The van der Waals surface area contributed by atoms with Crippen LogP contribution in [0.1, 0.15) is 76.8 Å². The second-order valence-corrected chi connectivity index (χ2v) is 10.2. The Balaban J connectivity index is 1.31.